The van der Waals surface area contributed by atoms with Gasteiger partial charge in [0.05, 0.1) is 18.0 Å². The van der Waals surface area contributed by atoms with E-state index in [1.54, 1.807) is 6.92 Å². The van der Waals surface area contributed by atoms with Gasteiger partial charge in [-0.3, -0.25) is 19.3 Å². The molecule has 4 N–H and O–H groups in total. The lowest BCUT2D eigenvalue weighted by molar-refractivity contribution is -0.158. The first-order chi connectivity index (χ1) is 20.2. The standard InChI is InChI=1S/C26H38N10O5S/c1-14-21-20(15(2)30-19(37)12-35-13-29-31-32-35)25(39)36(21)22(26(40)41)23(14)42-17-9-18(28-11-17)24(38)34-7-5-33(6-8-34)16-3-4-27-10-16/h13-18,20-21,27-28H,3-12H2,1-2H3,(H,30,37)(H,40,41)/t14-,15?,16+,17+,18+,20-,21-/m1/s1. The lowest BCUT2D eigenvalue weighted by Gasteiger charge is -2.47. The van der Waals surface area contributed by atoms with E-state index in [1.165, 1.54) is 27.7 Å². The Hall–Kier alpha value is -3.08. The maximum Gasteiger partial charge on any atom is 0.353 e. The molecule has 228 valence electrons. The minimum atomic E-state index is -1.14. The first kappa shape index (κ1) is 29.0. The number of hydrogen-bond donors (Lipinski definition) is 4. The molecule has 0 aromatic carbocycles. The Bertz CT molecular complexity index is 1250. The van der Waals surface area contributed by atoms with Gasteiger partial charge in [0.1, 0.15) is 18.6 Å². The molecule has 7 atom stereocenters. The summed E-state index contributed by atoms with van der Waals surface area (Å²) in [6, 6.07) is -0.584. The quantitative estimate of drug-likeness (QED) is 0.227. The summed E-state index contributed by atoms with van der Waals surface area (Å²) in [5.41, 5.74) is 0.0262. The number of amides is 3. The van der Waals surface area contributed by atoms with Crippen molar-refractivity contribution in [1.82, 2.24) is 50.9 Å². The molecule has 0 bridgehead atoms. The first-order valence-corrected chi connectivity index (χ1v) is 15.5. The summed E-state index contributed by atoms with van der Waals surface area (Å²) < 4.78 is 1.29. The van der Waals surface area contributed by atoms with Crippen LogP contribution in [-0.4, -0.2) is 139 Å². The number of carbonyl (C=O) groups excluding carboxylic acids is 3. The largest absolute Gasteiger partial charge is 0.477 e. The number of aliphatic carboxylic acids is 1. The maximum atomic E-state index is 13.3. The summed E-state index contributed by atoms with van der Waals surface area (Å²) in [5.74, 6) is -2.42. The molecule has 6 heterocycles. The number of fused-ring (bicyclic) bond motifs is 1. The molecule has 1 aromatic heterocycles. The molecule has 5 aliphatic rings. The molecule has 4 saturated heterocycles. The van der Waals surface area contributed by atoms with Gasteiger partial charge in [-0.15, -0.1) is 16.9 Å². The van der Waals surface area contributed by atoms with Gasteiger partial charge in [-0.2, -0.15) is 0 Å². The highest BCUT2D eigenvalue weighted by Gasteiger charge is 2.60. The van der Waals surface area contributed by atoms with Crippen molar-refractivity contribution in [2.45, 2.75) is 62.7 Å². The van der Waals surface area contributed by atoms with Gasteiger partial charge in [-0.25, -0.2) is 9.48 Å². The number of nitrogens with zero attached hydrogens (tertiary/aromatic N) is 7. The highest BCUT2D eigenvalue weighted by molar-refractivity contribution is 8.03. The Morgan fingerprint density at radius 3 is 2.67 bits per heavy atom. The minimum Gasteiger partial charge on any atom is -0.477 e. The number of piperazine rings is 1. The lowest BCUT2D eigenvalue weighted by atomic mass is 9.78. The summed E-state index contributed by atoms with van der Waals surface area (Å²) in [4.78, 5) is 57.9. The van der Waals surface area contributed by atoms with Crippen molar-refractivity contribution in [3.8, 4) is 0 Å². The SMILES string of the molecule is CC(NC(=O)Cn1cnnn1)[C@H]1C(=O)N2C(C(=O)O)=C(S[C@@H]3CN[C@H](C(=O)N4CCN([C@H]5CCNC5)CC4)C3)[C@H](C)[C@H]12. The molecular weight excluding hydrogens is 564 g/mol. The molecule has 6 rings (SSSR count). The van der Waals surface area contributed by atoms with Crippen LogP contribution in [0.4, 0.5) is 0 Å². The van der Waals surface area contributed by atoms with Crippen molar-refractivity contribution in [1.29, 1.82) is 0 Å². The second-order valence-electron chi connectivity index (χ2n) is 11.8. The van der Waals surface area contributed by atoms with Gasteiger partial charge < -0.3 is 30.9 Å². The molecule has 15 nitrogen and oxygen atoms in total. The zero-order valence-corrected chi connectivity index (χ0v) is 24.6. The predicted molar refractivity (Wildman–Crippen MR) is 151 cm³/mol. The number of tetrazole rings is 1. The number of nitrogens with one attached hydrogen (secondary N) is 3. The van der Waals surface area contributed by atoms with Crippen LogP contribution in [0.3, 0.4) is 0 Å². The van der Waals surface area contributed by atoms with Gasteiger partial charge in [-0.1, -0.05) is 6.92 Å². The Morgan fingerprint density at radius 2 is 2.00 bits per heavy atom. The third kappa shape index (κ3) is 5.40. The zero-order chi connectivity index (χ0) is 29.5. The van der Waals surface area contributed by atoms with Crippen molar-refractivity contribution in [3.05, 3.63) is 16.9 Å². The first-order valence-electron chi connectivity index (χ1n) is 14.7. The molecule has 1 unspecified atom stereocenters. The number of hydrogen-bond acceptors (Lipinski definition) is 11. The van der Waals surface area contributed by atoms with E-state index >= 15 is 0 Å². The van der Waals surface area contributed by atoms with Crippen LogP contribution in [0.2, 0.25) is 0 Å². The third-order valence-corrected chi connectivity index (χ3v) is 10.8. The van der Waals surface area contributed by atoms with Crippen molar-refractivity contribution >= 4 is 35.5 Å². The van der Waals surface area contributed by atoms with Crippen LogP contribution >= 0.6 is 11.8 Å². The molecule has 0 spiro atoms. The Morgan fingerprint density at radius 1 is 1.21 bits per heavy atom. The fraction of sp³-hybridized carbons (Fsp3) is 0.731. The normalized spacial score (nSPS) is 32.2. The average Bonchev–Trinajstić information content (AvgIpc) is 3.78. The molecule has 42 heavy (non-hydrogen) atoms. The molecule has 16 heteroatoms. The molecule has 4 fully saturated rings. The summed E-state index contributed by atoms with van der Waals surface area (Å²) in [7, 11) is 0. The highest BCUT2D eigenvalue weighted by Crippen LogP contribution is 2.51. The van der Waals surface area contributed by atoms with E-state index in [0.717, 1.165) is 45.7 Å². The van der Waals surface area contributed by atoms with Crippen molar-refractivity contribution < 1.29 is 24.3 Å². The van der Waals surface area contributed by atoms with Crippen molar-refractivity contribution in [2.24, 2.45) is 11.8 Å². The van der Waals surface area contributed by atoms with Gasteiger partial charge in [0.2, 0.25) is 17.7 Å². The molecule has 0 aliphatic carbocycles. The summed E-state index contributed by atoms with van der Waals surface area (Å²) in [6.45, 7) is 9.50. The number of carboxylic acids is 1. The van der Waals surface area contributed by atoms with Gasteiger partial charge >= 0.3 is 5.97 Å². The fourth-order valence-corrected chi connectivity index (χ4v) is 8.60. The highest BCUT2D eigenvalue weighted by atomic mass is 32.2. The van der Waals surface area contributed by atoms with E-state index in [1.807, 2.05) is 11.8 Å². The van der Waals surface area contributed by atoms with E-state index in [2.05, 4.69) is 36.4 Å². The maximum absolute atomic E-state index is 13.3. The van der Waals surface area contributed by atoms with E-state index in [9.17, 15) is 24.3 Å². The lowest BCUT2D eigenvalue weighted by Crippen LogP contribution is -2.66. The van der Waals surface area contributed by atoms with Gasteiger partial charge in [-0.05, 0) is 36.7 Å². The van der Waals surface area contributed by atoms with Crippen LogP contribution in [0.5, 0.6) is 0 Å². The molecular formula is C26H38N10O5S. The fourth-order valence-electron chi connectivity index (χ4n) is 7.13. The van der Waals surface area contributed by atoms with Gasteiger partial charge in [0.15, 0.2) is 0 Å². The Labute approximate surface area is 247 Å². The second kappa shape index (κ2) is 11.9. The smallest absolute Gasteiger partial charge is 0.353 e. The van der Waals surface area contributed by atoms with Crippen LogP contribution in [0.15, 0.2) is 16.9 Å². The van der Waals surface area contributed by atoms with Gasteiger partial charge in [0.25, 0.3) is 0 Å². The number of thioether (sulfide) groups is 1. The van der Waals surface area contributed by atoms with Crippen LogP contribution in [0, 0.1) is 11.8 Å². The van der Waals surface area contributed by atoms with Crippen LogP contribution in [0.1, 0.15) is 26.7 Å². The molecule has 0 saturated carbocycles. The number of carbonyl (C=O) groups is 4. The van der Waals surface area contributed by atoms with E-state index in [4.69, 9.17) is 0 Å². The Kier molecular flexibility index (Phi) is 8.22. The molecule has 3 amide bonds. The molecule has 0 radical (unpaired) electrons. The summed E-state index contributed by atoms with van der Waals surface area (Å²) >= 11 is 1.47. The monoisotopic (exact) mass is 602 g/mol. The van der Waals surface area contributed by atoms with Crippen LogP contribution in [0.25, 0.3) is 0 Å². The van der Waals surface area contributed by atoms with Crippen molar-refractivity contribution in [3.63, 3.8) is 0 Å². The number of β-lactam (4-membered cyclic amide) rings is 1. The van der Waals surface area contributed by atoms with E-state index in [-0.39, 0.29) is 53.2 Å². The van der Waals surface area contributed by atoms with E-state index < -0.39 is 17.9 Å². The average molecular weight is 603 g/mol. The number of aromatic nitrogens is 4. The topological polar surface area (TPSA) is 178 Å². The third-order valence-electron chi connectivity index (χ3n) is 9.27. The van der Waals surface area contributed by atoms with Crippen molar-refractivity contribution in [2.75, 3.05) is 45.8 Å². The van der Waals surface area contributed by atoms with Gasteiger partial charge in [0, 0.05) is 67.4 Å². The molecule has 5 aliphatic heterocycles. The summed E-state index contributed by atoms with van der Waals surface area (Å²) in [5, 5.41) is 30.4. The zero-order valence-electron chi connectivity index (χ0n) is 23.8. The van der Waals surface area contributed by atoms with Crippen LogP contribution in [-0.2, 0) is 25.7 Å². The number of carboxylic acid groups (broad SMARTS) is 1. The number of rotatable bonds is 9. The molecule has 1 aromatic rings. The Balaban J connectivity index is 1.05. The second-order valence-corrected chi connectivity index (χ2v) is 13.2. The minimum absolute atomic E-state index is 0.0114. The van der Waals surface area contributed by atoms with Crippen LogP contribution < -0.4 is 16.0 Å². The predicted octanol–water partition coefficient (Wildman–Crippen LogP) is -2.08. The van der Waals surface area contributed by atoms with E-state index in [0.29, 0.717) is 23.9 Å². The summed E-state index contributed by atoms with van der Waals surface area (Å²) in [6.07, 6.45) is 3.09.